The van der Waals surface area contributed by atoms with Crippen molar-refractivity contribution in [3.05, 3.63) is 29.6 Å². The van der Waals surface area contributed by atoms with Crippen molar-refractivity contribution in [3.63, 3.8) is 0 Å². The van der Waals surface area contributed by atoms with Crippen LogP contribution in [0.4, 0.5) is 22.0 Å². The average molecular weight is 240 g/mol. The predicted molar refractivity (Wildman–Crippen MR) is 43.4 cm³/mol. The highest BCUT2D eigenvalue weighted by Crippen LogP contribution is 2.20. The molecule has 0 aliphatic rings. The van der Waals surface area contributed by atoms with E-state index in [-0.39, 0.29) is 0 Å². The van der Waals surface area contributed by atoms with Crippen LogP contribution < -0.4 is 4.74 Å². The summed E-state index contributed by atoms with van der Waals surface area (Å²) < 4.78 is 64.1. The number of ketones is 1. The molecule has 0 saturated carbocycles. The minimum atomic E-state index is -3.33. The van der Waals surface area contributed by atoms with Gasteiger partial charge in [-0.05, 0) is 12.1 Å². The molecule has 0 unspecified atom stereocenters. The molecule has 1 aromatic rings. The molecule has 1 aromatic carbocycles. The average Bonchev–Trinajstić information content (AvgIpc) is 2.14. The maximum Gasteiger partial charge on any atom is 0.387 e. The number of alkyl halides is 4. The van der Waals surface area contributed by atoms with Gasteiger partial charge in [0.05, 0.1) is 0 Å². The molecule has 0 fully saturated rings. The van der Waals surface area contributed by atoms with Crippen molar-refractivity contribution < 1.29 is 31.5 Å². The molecule has 0 aliphatic carbocycles. The fraction of sp³-hybridized carbons (Fsp3) is 0.222. The molecule has 7 heteroatoms. The summed E-state index contributed by atoms with van der Waals surface area (Å²) in [4.78, 5) is 10.8. The molecule has 0 radical (unpaired) electrons. The first-order chi connectivity index (χ1) is 7.40. The standard InChI is InChI=1S/C9H5F5O2/c10-5-1-4(7(15)8(11)12)2-6(3-5)16-9(13)14/h1-3,8-9H. The Kier molecular flexibility index (Phi) is 3.81. The number of hydrogen-bond acceptors (Lipinski definition) is 2. The van der Waals surface area contributed by atoms with Crippen molar-refractivity contribution in [2.75, 3.05) is 0 Å². The second-order valence-corrected chi connectivity index (χ2v) is 2.72. The highest BCUT2D eigenvalue weighted by molar-refractivity contribution is 5.98. The van der Waals surface area contributed by atoms with Crippen LogP contribution in [0.25, 0.3) is 0 Å². The van der Waals surface area contributed by atoms with Crippen molar-refractivity contribution >= 4 is 5.78 Å². The molecule has 1 rings (SSSR count). The van der Waals surface area contributed by atoms with E-state index >= 15 is 0 Å². The van der Waals surface area contributed by atoms with Crippen LogP contribution in [0.15, 0.2) is 18.2 Å². The molecule has 16 heavy (non-hydrogen) atoms. The summed E-state index contributed by atoms with van der Waals surface area (Å²) in [6, 6.07) is 1.71. The van der Waals surface area contributed by atoms with Crippen LogP contribution in [-0.4, -0.2) is 18.8 Å². The third-order valence-corrected chi connectivity index (χ3v) is 1.58. The second-order valence-electron chi connectivity index (χ2n) is 2.72. The molecule has 2 nitrogen and oxygen atoms in total. The van der Waals surface area contributed by atoms with Gasteiger partial charge in [0.25, 0.3) is 0 Å². The molecule has 0 bridgehead atoms. The highest BCUT2D eigenvalue weighted by Gasteiger charge is 2.20. The number of ether oxygens (including phenoxy) is 1. The molecule has 0 spiro atoms. The molecule has 0 saturated heterocycles. The number of benzene rings is 1. The van der Waals surface area contributed by atoms with Crippen LogP contribution in [0.1, 0.15) is 10.4 Å². The van der Waals surface area contributed by atoms with E-state index in [1.807, 2.05) is 0 Å². The van der Waals surface area contributed by atoms with Gasteiger partial charge >= 0.3 is 13.0 Å². The van der Waals surface area contributed by atoms with Gasteiger partial charge in [-0.1, -0.05) is 0 Å². The monoisotopic (exact) mass is 240 g/mol. The minimum absolute atomic E-state index is 0.521. The summed E-state index contributed by atoms with van der Waals surface area (Å²) in [6.07, 6.45) is -3.33. The molecular weight excluding hydrogens is 235 g/mol. The quantitative estimate of drug-likeness (QED) is 0.597. The molecular formula is C9H5F5O2. The van der Waals surface area contributed by atoms with Gasteiger partial charge < -0.3 is 4.74 Å². The van der Waals surface area contributed by atoms with E-state index in [0.717, 1.165) is 0 Å². The van der Waals surface area contributed by atoms with E-state index < -0.39 is 36.0 Å². The Morgan fingerprint density at radius 1 is 1.12 bits per heavy atom. The van der Waals surface area contributed by atoms with Crippen LogP contribution in [-0.2, 0) is 0 Å². The van der Waals surface area contributed by atoms with Crippen molar-refractivity contribution in [1.82, 2.24) is 0 Å². The maximum absolute atomic E-state index is 12.8. The fourth-order valence-electron chi connectivity index (χ4n) is 1.00. The maximum atomic E-state index is 12.8. The molecule has 0 aliphatic heterocycles. The van der Waals surface area contributed by atoms with Crippen molar-refractivity contribution in [3.8, 4) is 5.75 Å². The summed E-state index contributed by atoms with van der Waals surface area (Å²) in [5.41, 5.74) is -0.717. The third kappa shape index (κ3) is 3.18. The van der Waals surface area contributed by atoms with E-state index in [1.165, 1.54) is 0 Å². The van der Waals surface area contributed by atoms with Crippen LogP contribution in [0.3, 0.4) is 0 Å². The predicted octanol–water partition coefficient (Wildman–Crippen LogP) is 2.87. The molecule has 0 aromatic heterocycles. The SMILES string of the molecule is O=C(c1cc(F)cc(OC(F)F)c1)C(F)F. The number of halogens is 5. The van der Waals surface area contributed by atoms with E-state index in [2.05, 4.69) is 4.74 Å². The Labute approximate surface area is 86.6 Å². The zero-order valence-corrected chi connectivity index (χ0v) is 7.59. The smallest absolute Gasteiger partial charge is 0.387 e. The zero-order chi connectivity index (χ0) is 12.3. The van der Waals surface area contributed by atoms with E-state index in [0.29, 0.717) is 18.2 Å². The number of rotatable bonds is 4. The first kappa shape index (κ1) is 12.4. The Morgan fingerprint density at radius 2 is 1.75 bits per heavy atom. The lowest BCUT2D eigenvalue weighted by molar-refractivity contribution is -0.0500. The number of carbonyl (C=O) groups excluding carboxylic acids is 1. The summed E-state index contributed by atoms with van der Waals surface area (Å²) in [7, 11) is 0. The molecule has 0 atom stereocenters. The normalized spacial score (nSPS) is 10.9. The minimum Gasteiger partial charge on any atom is -0.435 e. The Bertz CT molecular complexity index is 391. The van der Waals surface area contributed by atoms with Crippen LogP contribution in [0.5, 0.6) is 5.75 Å². The highest BCUT2D eigenvalue weighted by atomic mass is 19.3. The fourth-order valence-corrected chi connectivity index (χ4v) is 1.00. The van der Waals surface area contributed by atoms with Gasteiger partial charge in [-0.15, -0.1) is 0 Å². The van der Waals surface area contributed by atoms with Crippen LogP contribution in [0.2, 0.25) is 0 Å². The van der Waals surface area contributed by atoms with Gasteiger partial charge in [0.15, 0.2) is 0 Å². The lowest BCUT2D eigenvalue weighted by Crippen LogP contribution is -2.11. The van der Waals surface area contributed by atoms with Crippen LogP contribution in [0, 0.1) is 5.82 Å². The van der Waals surface area contributed by atoms with Gasteiger partial charge in [-0.25, -0.2) is 13.2 Å². The first-order valence-corrected chi connectivity index (χ1v) is 3.98. The van der Waals surface area contributed by atoms with E-state index in [4.69, 9.17) is 0 Å². The number of hydrogen-bond donors (Lipinski definition) is 0. The largest absolute Gasteiger partial charge is 0.435 e. The summed E-state index contributed by atoms with van der Waals surface area (Å²) in [5, 5.41) is 0. The zero-order valence-electron chi connectivity index (χ0n) is 7.59. The Balaban J connectivity index is 3.03. The summed E-state index contributed by atoms with van der Waals surface area (Å²) >= 11 is 0. The lowest BCUT2D eigenvalue weighted by Gasteiger charge is -2.06. The Hall–Kier alpha value is -1.66. The van der Waals surface area contributed by atoms with Gasteiger partial charge in [-0.3, -0.25) is 4.79 Å². The Morgan fingerprint density at radius 3 is 2.25 bits per heavy atom. The molecule has 0 amide bonds. The lowest BCUT2D eigenvalue weighted by atomic mass is 10.1. The van der Waals surface area contributed by atoms with Gasteiger partial charge in [-0.2, -0.15) is 8.78 Å². The van der Waals surface area contributed by atoms with Gasteiger partial charge in [0.1, 0.15) is 11.6 Å². The van der Waals surface area contributed by atoms with E-state index in [1.54, 1.807) is 0 Å². The van der Waals surface area contributed by atoms with Gasteiger partial charge in [0.2, 0.25) is 5.78 Å². The van der Waals surface area contributed by atoms with Crippen molar-refractivity contribution in [2.45, 2.75) is 13.0 Å². The third-order valence-electron chi connectivity index (χ3n) is 1.58. The first-order valence-electron chi connectivity index (χ1n) is 3.98. The molecule has 0 N–H and O–H groups in total. The van der Waals surface area contributed by atoms with Crippen molar-refractivity contribution in [1.29, 1.82) is 0 Å². The second kappa shape index (κ2) is 4.91. The molecule has 0 heterocycles. The van der Waals surface area contributed by atoms with Gasteiger partial charge in [0, 0.05) is 11.6 Å². The number of Topliss-reactive ketones (excluding diaryl/α,β-unsaturated/α-hetero) is 1. The number of carbonyl (C=O) groups is 1. The van der Waals surface area contributed by atoms with Crippen LogP contribution >= 0.6 is 0 Å². The molecule has 88 valence electrons. The summed E-state index contributed by atoms with van der Waals surface area (Å²) in [6.45, 7) is -3.23. The topological polar surface area (TPSA) is 26.3 Å². The van der Waals surface area contributed by atoms with Crippen molar-refractivity contribution in [2.24, 2.45) is 0 Å². The summed E-state index contributed by atoms with van der Waals surface area (Å²) in [5.74, 6) is -3.44. The van der Waals surface area contributed by atoms with E-state index in [9.17, 15) is 26.7 Å².